The highest BCUT2D eigenvalue weighted by atomic mass is 32.2. The maximum absolute atomic E-state index is 13.1. The lowest BCUT2D eigenvalue weighted by molar-refractivity contribution is 0.262. The Kier molecular flexibility index (Phi) is 5.29. The lowest BCUT2D eigenvalue weighted by Crippen LogP contribution is -2.35. The van der Waals surface area contributed by atoms with Crippen molar-refractivity contribution in [3.05, 3.63) is 71.1 Å². The fourth-order valence-corrected chi connectivity index (χ4v) is 6.04. The smallest absolute Gasteiger partial charge is 0.308 e. The summed E-state index contributed by atoms with van der Waals surface area (Å²) in [6, 6.07) is 15.9. The standard InChI is InChI=1S/C21H21N3O3S2/c1-15-5-2-7-17(13-15)22-21(25)23-18-10-9-16-6-3-11-24(19(16)14-18)29(26,27)20-8-4-12-28-20/h2,4-5,7-10,12-14H,3,6,11H2,1H3,(H2,22,23,25). The van der Waals surface area contributed by atoms with Crippen molar-refractivity contribution in [3.63, 3.8) is 0 Å². The first-order valence-electron chi connectivity index (χ1n) is 9.27. The van der Waals surface area contributed by atoms with Crippen LogP contribution in [-0.4, -0.2) is 21.0 Å². The third-order valence-electron chi connectivity index (χ3n) is 4.73. The Balaban J connectivity index is 1.58. The molecule has 2 N–H and O–H groups in total. The van der Waals surface area contributed by atoms with Crippen LogP contribution in [-0.2, 0) is 16.4 Å². The number of sulfonamides is 1. The molecule has 0 aliphatic carbocycles. The van der Waals surface area contributed by atoms with Gasteiger partial charge in [0.1, 0.15) is 4.21 Å². The average Bonchev–Trinajstić information content (AvgIpc) is 3.23. The molecule has 29 heavy (non-hydrogen) atoms. The number of thiophene rings is 1. The molecular formula is C21H21N3O3S2. The maximum atomic E-state index is 13.1. The average molecular weight is 428 g/mol. The second-order valence-electron chi connectivity index (χ2n) is 6.90. The lowest BCUT2D eigenvalue weighted by Gasteiger charge is -2.30. The fourth-order valence-electron chi connectivity index (χ4n) is 3.40. The summed E-state index contributed by atoms with van der Waals surface area (Å²) in [4.78, 5) is 12.4. The number of hydrogen-bond donors (Lipinski definition) is 2. The number of carbonyl (C=O) groups is 1. The molecule has 2 heterocycles. The number of hydrogen-bond acceptors (Lipinski definition) is 4. The number of nitrogens with one attached hydrogen (secondary N) is 2. The van der Waals surface area contributed by atoms with E-state index in [0.717, 1.165) is 24.0 Å². The largest absolute Gasteiger partial charge is 0.323 e. The molecule has 0 saturated carbocycles. The number of amides is 2. The summed E-state index contributed by atoms with van der Waals surface area (Å²) in [5.74, 6) is 0. The van der Waals surface area contributed by atoms with Gasteiger partial charge >= 0.3 is 6.03 Å². The monoisotopic (exact) mass is 427 g/mol. The Morgan fingerprint density at radius 3 is 2.55 bits per heavy atom. The molecule has 3 aromatic rings. The molecule has 0 spiro atoms. The van der Waals surface area contributed by atoms with Crippen LogP contribution in [0.3, 0.4) is 0 Å². The van der Waals surface area contributed by atoms with Crippen LogP contribution in [0.4, 0.5) is 21.9 Å². The first-order valence-corrected chi connectivity index (χ1v) is 11.6. The van der Waals surface area contributed by atoms with Gasteiger partial charge in [0.25, 0.3) is 10.0 Å². The van der Waals surface area contributed by atoms with Crippen LogP contribution in [0.5, 0.6) is 0 Å². The van der Waals surface area contributed by atoms with Crippen LogP contribution in [0.15, 0.2) is 64.2 Å². The van der Waals surface area contributed by atoms with Crippen LogP contribution in [0.2, 0.25) is 0 Å². The number of carbonyl (C=O) groups excluding carboxylic acids is 1. The van der Waals surface area contributed by atoms with E-state index in [-0.39, 0.29) is 6.03 Å². The Bertz CT molecular complexity index is 1140. The van der Waals surface area contributed by atoms with Gasteiger partial charge < -0.3 is 10.6 Å². The van der Waals surface area contributed by atoms with Crippen molar-refractivity contribution in [2.45, 2.75) is 24.0 Å². The Morgan fingerprint density at radius 1 is 1.03 bits per heavy atom. The van der Waals surface area contributed by atoms with Crippen LogP contribution in [0.25, 0.3) is 0 Å². The van der Waals surface area contributed by atoms with Gasteiger partial charge in [0.15, 0.2) is 0 Å². The molecule has 6 nitrogen and oxygen atoms in total. The summed E-state index contributed by atoms with van der Waals surface area (Å²) in [5, 5.41) is 7.35. The van der Waals surface area contributed by atoms with Gasteiger partial charge in [-0.1, -0.05) is 24.3 Å². The van der Waals surface area contributed by atoms with Gasteiger partial charge in [-0.25, -0.2) is 13.2 Å². The molecule has 0 atom stereocenters. The number of benzene rings is 2. The summed E-state index contributed by atoms with van der Waals surface area (Å²) in [6.07, 6.45) is 1.57. The third-order valence-corrected chi connectivity index (χ3v) is 7.92. The van der Waals surface area contributed by atoms with E-state index in [1.165, 1.54) is 15.6 Å². The minimum atomic E-state index is -3.61. The van der Waals surface area contributed by atoms with E-state index in [4.69, 9.17) is 0 Å². The van der Waals surface area contributed by atoms with Crippen LogP contribution >= 0.6 is 11.3 Å². The molecule has 4 rings (SSSR count). The zero-order chi connectivity index (χ0) is 20.4. The summed E-state index contributed by atoms with van der Waals surface area (Å²) in [5.41, 5.74) is 3.87. The third kappa shape index (κ3) is 4.13. The number of anilines is 3. The van der Waals surface area contributed by atoms with Crippen LogP contribution in [0, 0.1) is 6.92 Å². The summed E-state index contributed by atoms with van der Waals surface area (Å²) in [7, 11) is -3.61. The van der Waals surface area contributed by atoms with E-state index >= 15 is 0 Å². The summed E-state index contributed by atoms with van der Waals surface area (Å²) < 4.78 is 27.9. The van der Waals surface area contributed by atoms with Gasteiger partial charge in [-0.05, 0) is 66.6 Å². The quantitative estimate of drug-likeness (QED) is 0.625. The molecule has 1 aliphatic heterocycles. The van der Waals surface area contributed by atoms with E-state index in [2.05, 4.69) is 10.6 Å². The van der Waals surface area contributed by atoms with Crippen LogP contribution < -0.4 is 14.9 Å². The molecule has 2 amide bonds. The highest BCUT2D eigenvalue weighted by molar-refractivity contribution is 7.94. The SMILES string of the molecule is Cc1cccc(NC(=O)Nc2ccc3c(c2)N(S(=O)(=O)c2cccs2)CCC3)c1. The molecule has 0 unspecified atom stereocenters. The number of fused-ring (bicyclic) bond motifs is 1. The Morgan fingerprint density at radius 2 is 1.83 bits per heavy atom. The molecule has 1 aromatic heterocycles. The van der Waals surface area contributed by atoms with E-state index < -0.39 is 10.0 Å². The van der Waals surface area contributed by atoms with Gasteiger partial charge in [-0.2, -0.15) is 0 Å². The number of aryl methyl sites for hydroxylation is 2. The van der Waals surface area contributed by atoms with E-state index in [1.54, 1.807) is 29.6 Å². The van der Waals surface area contributed by atoms with Crippen molar-refractivity contribution >= 4 is 44.5 Å². The van der Waals surface area contributed by atoms with Gasteiger partial charge in [0.2, 0.25) is 0 Å². The highest BCUT2D eigenvalue weighted by Crippen LogP contribution is 2.35. The second-order valence-corrected chi connectivity index (χ2v) is 9.94. The molecule has 0 fully saturated rings. The number of rotatable bonds is 4. The molecule has 150 valence electrons. The van der Waals surface area contributed by atoms with Gasteiger partial charge in [-0.15, -0.1) is 11.3 Å². The van der Waals surface area contributed by atoms with Crippen LogP contribution in [0.1, 0.15) is 17.5 Å². The zero-order valence-electron chi connectivity index (χ0n) is 15.9. The Labute approximate surface area is 174 Å². The van der Waals surface area contributed by atoms with Crippen molar-refractivity contribution < 1.29 is 13.2 Å². The lowest BCUT2D eigenvalue weighted by atomic mass is 10.0. The second kappa shape index (κ2) is 7.88. The predicted octanol–water partition coefficient (Wildman–Crippen LogP) is 4.84. The van der Waals surface area contributed by atoms with Crippen molar-refractivity contribution in [2.75, 3.05) is 21.5 Å². The van der Waals surface area contributed by atoms with E-state index in [9.17, 15) is 13.2 Å². The maximum Gasteiger partial charge on any atom is 0.323 e. The highest BCUT2D eigenvalue weighted by Gasteiger charge is 2.30. The molecule has 1 aliphatic rings. The number of urea groups is 1. The topological polar surface area (TPSA) is 78.5 Å². The van der Waals surface area contributed by atoms with E-state index in [0.29, 0.717) is 27.8 Å². The normalized spacial score (nSPS) is 13.6. The summed E-state index contributed by atoms with van der Waals surface area (Å²) >= 11 is 1.21. The molecule has 0 radical (unpaired) electrons. The molecule has 0 bridgehead atoms. The van der Waals surface area contributed by atoms with Gasteiger partial charge in [-0.3, -0.25) is 4.31 Å². The molecule has 2 aromatic carbocycles. The molecular weight excluding hydrogens is 406 g/mol. The fraction of sp³-hybridized carbons (Fsp3) is 0.190. The van der Waals surface area contributed by atoms with Crippen molar-refractivity contribution in [1.82, 2.24) is 0 Å². The first kappa shape index (κ1) is 19.5. The number of nitrogens with zero attached hydrogens (tertiary/aromatic N) is 1. The first-order chi connectivity index (χ1) is 13.9. The van der Waals surface area contributed by atoms with Gasteiger partial charge in [0.05, 0.1) is 5.69 Å². The summed E-state index contributed by atoms with van der Waals surface area (Å²) in [6.45, 7) is 2.38. The Hall–Kier alpha value is -2.84. The van der Waals surface area contributed by atoms with Crippen molar-refractivity contribution in [3.8, 4) is 0 Å². The molecule has 8 heteroatoms. The minimum absolute atomic E-state index is 0.320. The predicted molar refractivity (Wildman–Crippen MR) is 117 cm³/mol. The minimum Gasteiger partial charge on any atom is -0.308 e. The molecule has 0 saturated heterocycles. The van der Waals surface area contributed by atoms with Crippen molar-refractivity contribution in [1.29, 1.82) is 0 Å². The van der Waals surface area contributed by atoms with E-state index in [1.807, 2.05) is 37.3 Å². The van der Waals surface area contributed by atoms with Crippen molar-refractivity contribution in [2.24, 2.45) is 0 Å². The van der Waals surface area contributed by atoms with Gasteiger partial charge in [0, 0.05) is 17.9 Å². The zero-order valence-corrected chi connectivity index (χ0v) is 17.5.